The summed E-state index contributed by atoms with van der Waals surface area (Å²) in [5, 5.41) is 112. The molecule has 0 saturated carbocycles. The molecule has 2 bridgehead atoms. The second kappa shape index (κ2) is 11.0. The molecule has 1 saturated heterocycles. The molecule has 3 aromatic carbocycles. The first-order valence-corrected chi connectivity index (χ1v) is 12.5. The highest BCUT2D eigenvalue weighted by molar-refractivity contribution is 6.08. The van der Waals surface area contributed by atoms with Crippen molar-refractivity contribution in [2.75, 3.05) is 6.61 Å². The first-order chi connectivity index (χ1) is 21.2. The van der Waals surface area contributed by atoms with Crippen LogP contribution in [0.25, 0.3) is 11.1 Å². The fourth-order valence-corrected chi connectivity index (χ4v) is 4.79. The van der Waals surface area contributed by atoms with Crippen molar-refractivity contribution in [1.82, 2.24) is 0 Å². The molecule has 2 aliphatic heterocycles. The van der Waals surface area contributed by atoms with E-state index in [9.17, 15) is 70.6 Å². The number of fused-ring (bicyclic) bond motifs is 5. The van der Waals surface area contributed by atoms with E-state index in [2.05, 4.69) is 0 Å². The third-order valence-electron chi connectivity index (χ3n) is 7.01. The molecule has 0 radical (unpaired) electrons. The van der Waals surface area contributed by atoms with Gasteiger partial charge >= 0.3 is 17.9 Å². The maximum atomic E-state index is 13.5. The van der Waals surface area contributed by atoms with Crippen LogP contribution in [-0.2, 0) is 18.9 Å². The van der Waals surface area contributed by atoms with Crippen molar-refractivity contribution >= 4 is 17.9 Å². The smallest absolute Gasteiger partial charge is 0.340 e. The molecule has 2 aliphatic rings. The second-order valence-corrected chi connectivity index (χ2v) is 9.76. The van der Waals surface area contributed by atoms with Crippen LogP contribution in [0.1, 0.15) is 31.1 Å². The van der Waals surface area contributed by atoms with Gasteiger partial charge in [-0.3, -0.25) is 0 Å². The summed E-state index contributed by atoms with van der Waals surface area (Å²) in [4.78, 5) is 39.8. The lowest BCUT2D eigenvalue weighted by molar-refractivity contribution is -0.283. The summed E-state index contributed by atoms with van der Waals surface area (Å²) in [6.45, 7) is -1.04. The van der Waals surface area contributed by atoms with E-state index < -0.39 is 135 Å². The van der Waals surface area contributed by atoms with Crippen molar-refractivity contribution in [2.24, 2.45) is 0 Å². The Morgan fingerprint density at radius 1 is 0.667 bits per heavy atom. The lowest BCUT2D eigenvalue weighted by Gasteiger charge is -2.42. The summed E-state index contributed by atoms with van der Waals surface area (Å²) in [5.74, 6) is -14.8. The monoisotopic (exact) mass is 634 g/mol. The molecule has 238 valence electrons. The minimum atomic E-state index is -2.19. The van der Waals surface area contributed by atoms with Gasteiger partial charge in [-0.05, 0) is 24.3 Å². The molecule has 11 N–H and O–H groups in total. The van der Waals surface area contributed by atoms with Gasteiger partial charge in [0.25, 0.3) is 0 Å². The van der Waals surface area contributed by atoms with Crippen molar-refractivity contribution in [2.45, 2.75) is 30.7 Å². The lowest BCUT2D eigenvalue weighted by Crippen LogP contribution is -2.61. The molecule has 1 fully saturated rings. The van der Waals surface area contributed by atoms with Gasteiger partial charge in [-0.25, -0.2) is 14.4 Å². The van der Waals surface area contributed by atoms with Crippen LogP contribution in [0.15, 0.2) is 24.3 Å². The molecule has 18 heteroatoms. The quantitative estimate of drug-likeness (QED) is 0.100. The molecule has 0 aromatic heterocycles. The lowest BCUT2D eigenvalue weighted by atomic mass is 9.92. The number of aliphatic hydroxyl groups is 2. The molecule has 0 aliphatic carbocycles. The van der Waals surface area contributed by atoms with E-state index in [1.807, 2.05) is 0 Å². The van der Waals surface area contributed by atoms with Gasteiger partial charge in [0, 0.05) is 11.1 Å². The van der Waals surface area contributed by atoms with Gasteiger partial charge in [0.2, 0.25) is 17.8 Å². The van der Waals surface area contributed by atoms with Crippen molar-refractivity contribution in [3.63, 3.8) is 0 Å². The summed E-state index contributed by atoms with van der Waals surface area (Å²) in [6, 6.07) is 2.40. The van der Waals surface area contributed by atoms with Gasteiger partial charge < -0.3 is 75.1 Å². The van der Waals surface area contributed by atoms with Crippen molar-refractivity contribution in [3.05, 3.63) is 41.0 Å². The number of carbonyl (C=O) groups is 3. The van der Waals surface area contributed by atoms with Crippen LogP contribution in [0.2, 0.25) is 0 Å². The number of aliphatic hydroxyl groups excluding tert-OH is 2. The minimum absolute atomic E-state index is 0.510. The Morgan fingerprint density at radius 3 is 1.58 bits per heavy atom. The highest BCUT2D eigenvalue weighted by atomic mass is 16.7. The first-order valence-electron chi connectivity index (χ1n) is 12.5. The number of hydrogen-bond acceptors (Lipinski definition) is 18. The minimum Gasteiger partial charge on any atom is -0.504 e. The Morgan fingerprint density at radius 2 is 1.11 bits per heavy atom. The maximum absolute atomic E-state index is 13.5. The Kier molecular flexibility index (Phi) is 7.49. The molecule has 5 atom stereocenters. The van der Waals surface area contributed by atoms with Crippen molar-refractivity contribution < 1.29 is 89.5 Å². The van der Waals surface area contributed by atoms with E-state index in [4.69, 9.17) is 18.9 Å². The number of phenolic OH excluding ortho intramolecular Hbond substituents is 9. The Bertz CT molecular complexity index is 1730. The van der Waals surface area contributed by atoms with Crippen LogP contribution in [0.4, 0.5) is 0 Å². The maximum Gasteiger partial charge on any atom is 0.340 e. The predicted molar refractivity (Wildman–Crippen MR) is 139 cm³/mol. The summed E-state index contributed by atoms with van der Waals surface area (Å²) in [5.41, 5.74) is -4.24. The van der Waals surface area contributed by atoms with Crippen LogP contribution in [0.5, 0.6) is 51.7 Å². The number of carbonyl (C=O) groups excluding carboxylic acids is 3. The van der Waals surface area contributed by atoms with Crippen LogP contribution in [0.3, 0.4) is 0 Å². The van der Waals surface area contributed by atoms with Gasteiger partial charge in [0.15, 0.2) is 52.5 Å². The summed E-state index contributed by atoms with van der Waals surface area (Å²) in [7, 11) is 0. The number of benzene rings is 3. The van der Waals surface area contributed by atoms with Crippen LogP contribution >= 0.6 is 0 Å². The summed E-state index contributed by atoms with van der Waals surface area (Å²) < 4.78 is 21.2. The fraction of sp³-hybridized carbons (Fsp3) is 0.222. The Hall–Kier alpha value is -5.85. The molecule has 0 spiro atoms. The number of hydrogen-bond donors (Lipinski definition) is 11. The fourth-order valence-electron chi connectivity index (χ4n) is 4.79. The molecule has 45 heavy (non-hydrogen) atoms. The predicted octanol–water partition coefficient (Wildman–Crippen LogP) is -0.297. The number of esters is 3. The number of aromatic hydroxyl groups is 9. The van der Waals surface area contributed by atoms with Gasteiger partial charge in [-0.15, -0.1) is 0 Å². The normalized spacial score (nSPS) is 22.7. The SMILES string of the molecule is O=C(O[C@@H]1O[C@H](CO)[C@H]2OC(=O)c3cc(O)c(O)c(O)c3-c3c(cc(O)c(O)c3O)C(=O)O[C@@H]1[C@H]2O)c1cc(O)c(O)c(O)c1. The largest absolute Gasteiger partial charge is 0.504 e. The Balaban J connectivity index is 1.67. The molecule has 18 nitrogen and oxygen atoms in total. The highest BCUT2D eigenvalue weighted by Crippen LogP contribution is 2.53. The zero-order chi connectivity index (χ0) is 33.1. The third-order valence-corrected chi connectivity index (χ3v) is 7.01. The average Bonchev–Trinajstić information content (AvgIpc) is 3.00. The van der Waals surface area contributed by atoms with Crippen LogP contribution < -0.4 is 0 Å². The molecular formula is C27H22O18. The topological polar surface area (TPSA) is 311 Å². The van der Waals surface area contributed by atoms with Crippen LogP contribution in [-0.4, -0.2) is 111 Å². The molecule has 2 heterocycles. The standard InChI is InChI=1S/C27H22O18/c28-5-13-22-21(38)23(27(42-13)45-24(39)6-1-9(29)16(33)10(30)2-6)44-26(41)8-4-12(32)18(35)20(37)15(8)14-7(25(40)43-22)3-11(31)17(34)19(14)36/h1-4,13,21-23,27-38H,5H2/t13-,21+,22-,23-,27+/m1/s1. The van der Waals surface area contributed by atoms with Crippen LogP contribution in [0, 0.1) is 0 Å². The number of phenols is 9. The molecule has 0 unspecified atom stereocenters. The zero-order valence-corrected chi connectivity index (χ0v) is 22.2. The van der Waals surface area contributed by atoms with E-state index in [0.717, 1.165) is 0 Å². The number of rotatable bonds is 3. The first kappa shape index (κ1) is 30.6. The van der Waals surface area contributed by atoms with E-state index >= 15 is 0 Å². The van der Waals surface area contributed by atoms with E-state index in [0.29, 0.717) is 24.3 Å². The summed E-state index contributed by atoms with van der Waals surface area (Å²) >= 11 is 0. The third kappa shape index (κ3) is 4.97. The highest BCUT2D eigenvalue weighted by Gasteiger charge is 2.52. The zero-order valence-electron chi connectivity index (χ0n) is 22.2. The van der Waals surface area contributed by atoms with Crippen molar-refractivity contribution in [1.29, 1.82) is 0 Å². The van der Waals surface area contributed by atoms with E-state index in [1.165, 1.54) is 0 Å². The van der Waals surface area contributed by atoms with Gasteiger partial charge in [-0.2, -0.15) is 0 Å². The molecule has 3 aromatic rings. The molecule has 5 rings (SSSR count). The van der Waals surface area contributed by atoms with Crippen molar-refractivity contribution in [3.8, 4) is 62.9 Å². The van der Waals surface area contributed by atoms with E-state index in [1.54, 1.807) is 0 Å². The van der Waals surface area contributed by atoms with Gasteiger partial charge in [0.1, 0.15) is 12.2 Å². The van der Waals surface area contributed by atoms with Gasteiger partial charge in [-0.1, -0.05) is 0 Å². The molecule has 0 amide bonds. The Labute approximate surface area is 248 Å². The molecular weight excluding hydrogens is 612 g/mol. The van der Waals surface area contributed by atoms with E-state index in [-0.39, 0.29) is 0 Å². The van der Waals surface area contributed by atoms with Gasteiger partial charge in [0.05, 0.1) is 23.3 Å². The summed E-state index contributed by atoms with van der Waals surface area (Å²) in [6.07, 6.45) is -10.2. The average molecular weight is 634 g/mol. The number of ether oxygens (including phenoxy) is 4. The second-order valence-electron chi connectivity index (χ2n) is 9.76.